The van der Waals surface area contributed by atoms with Crippen molar-refractivity contribution >= 4 is 9.84 Å². The SMILES string of the molecule is C=C/C=C\C(=C)S(=O)(=O)C(/C=C\C(=C/C)OC)=C/C. The van der Waals surface area contributed by atoms with Crippen LogP contribution in [0.3, 0.4) is 0 Å². The van der Waals surface area contributed by atoms with Crippen molar-refractivity contribution in [2.75, 3.05) is 7.11 Å². The number of methoxy groups -OCH3 is 1. The second-order valence-electron chi connectivity index (χ2n) is 3.48. The van der Waals surface area contributed by atoms with Gasteiger partial charge in [-0.3, -0.25) is 0 Å². The normalized spacial score (nSPS) is 14.1. The molecule has 0 aromatic heterocycles. The van der Waals surface area contributed by atoms with Crippen molar-refractivity contribution in [1.82, 2.24) is 0 Å². The highest BCUT2D eigenvalue weighted by atomic mass is 32.2. The van der Waals surface area contributed by atoms with Gasteiger partial charge in [-0.05, 0) is 38.2 Å². The molecule has 0 atom stereocenters. The Bertz CT molecular complexity index is 544. The van der Waals surface area contributed by atoms with Crippen LogP contribution in [0.2, 0.25) is 0 Å². The zero-order chi connectivity index (χ0) is 14.9. The predicted octanol–water partition coefficient (Wildman–Crippen LogP) is 3.67. The van der Waals surface area contributed by atoms with Crippen molar-refractivity contribution in [2.45, 2.75) is 13.8 Å². The van der Waals surface area contributed by atoms with Gasteiger partial charge in [0.25, 0.3) is 0 Å². The molecule has 0 unspecified atom stereocenters. The van der Waals surface area contributed by atoms with E-state index in [1.165, 1.54) is 37.5 Å². The van der Waals surface area contributed by atoms with Gasteiger partial charge in [-0.15, -0.1) is 0 Å². The molecule has 0 bridgehead atoms. The molecule has 0 amide bonds. The molecular formula is C15H20O3S. The van der Waals surface area contributed by atoms with Gasteiger partial charge in [-0.1, -0.05) is 31.4 Å². The van der Waals surface area contributed by atoms with E-state index in [-0.39, 0.29) is 9.81 Å². The highest BCUT2D eigenvalue weighted by molar-refractivity contribution is 7.99. The summed E-state index contributed by atoms with van der Waals surface area (Å²) in [4.78, 5) is 0.187. The monoisotopic (exact) mass is 280 g/mol. The largest absolute Gasteiger partial charge is 0.497 e. The number of hydrogen-bond acceptors (Lipinski definition) is 3. The van der Waals surface area contributed by atoms with E-state index in [1.807, 2.05) is 0 Å². The van der Waals surface area contributed by atoms with Crippen LogP contribution < -0.4 is 0 Å². The van der Waals surface area contributed by atoms with Crippen molar-refractivity contribution in [3.63, 3.8) is 0 Å². The summed E-state index contributed by atoms with van der Waals surface area (Å²) in [6, 6.07) is 0. The van der Waals surface area contributed by atoms with Gasteiger partial charge < -0.3 is 4.74 Å². The fourth-order valence-electron chi connectivity index (χ4n) is 1.20. The number of ether oxygens (including phenoxy) is 1. The number of sulfone groups is 1. The Morgan fingerprint density at radius 2 is 1.74 bits per heavy atom. The minimum absolute atomic E-state index is 0.0181. The lowest BCUT2D eigenvalue weighted by Gasteiger charge is -2.05. The summed E-state index contributed by atoms with van der Waals surface area (Å²) in [5.74, 6) is 0.585. The second kappa shape index (κ2) is 8.32. The minimum atomic E-state index is -3.57. The Balaban J connectivity index is 5.34. The van der Waals surface area contributed by atoms with Gasteiger partial charge in [0.05, 0.1) is 16.9 Å². The molecule has 0 aliphatic carbocycles. The van der Waals surface area contributed by atoms with E-state index < -0.39 is 9.84 Å². The van der Waals surface area contributed by atoms with Gasteiger partial charge in [0.2, 0.25) is 9.84 Å². The Hall–Kier alpha value is -1.81. The maximum atomic E-state index is 12.2. The molecule has 0 rings (SSSR count). The van der Waals surface area contributed by atoms with E-state index >= 15 is 0 Å². The number of hydrogen-bond donors (Lipinski definition) is 0. The highest BCUT2D eigenvalue weighted by Gasteiger charge is 2.17. The van der Waals surface area contributed by atoms with Gasteiger partial charge in [-0.2, -0.15) is 0 Å². The first kappa shape index (κ1) is 17.2. The lowest BCUT2D eigenvalue weighted by molar-refractivity contribution is 0.306. The third-order valence-electron chi connectivity index (χ3n) is 2.29. The topological polar surface area (TPSA) is 43.4 Å². The van der Waals surface area contributed by atoms with Gasteiger partial charge in [-0.25, -0.2) is 8.42 Å². The average molecular weight is 280 g/mol. The minimum Gasteiger partial charge on any atom is -0.497 e. The van der Waals surface area contributed by atoms with Crippen LogP contribution in [0.5, 0.6) is 0 Å². The van der Waals surface area contributed by atoms with Crippen LogP contribution in [0.25, 0.3) is 0 Å². The van der Waals surface area contributed by atoms with Crippen LogP contribution in [0.15, 0.2) is 71.3 Å². The fourth-order valence-corrected chi connectivity index (χ4v) is 2.32. The average Bonchev–Trinajstić information content (AvgIpc) is 2.40. The van der Waals surface area contributed by atoms with E-state index in [2.05, 4.69) is 13.2 Å². The molecule has 4 heteroatoms. The van der Waals surface area contributed by atoms with Gasteiger partial charge in [0.15, 0.2) is 0 Å². The van der Waals surface area contributed by atoms with Gasteiger partial charge in [0, 0.05) is 0 Å². The van der Waals surface area contributed by atoms with Crippen molar-refractivity contribution in [3.05, 3.63) is 71.3 Å². The first-order chi connectivity index (χ1) is 8.93. The quantitative estimate of drug-likeness (QED) is 0.528. The predicted molar refractivity (Wildman–Crippen MR) is 81.1 cm³/mol. The summed E-state index contributed by atoms with van der Waals surface area (Å²) in [6.07, 6.45) is 10.8. The van der Waals surface area contributed by atoms with Crippen molar-refractivity contribution in [1.29, 1.82) is 0 Å². The Kier molecular flexibility index (Phi) is 7.53. The molecule has 0 spiro atoms. The first-order valence-corrected chi connectivity index (χ1v) is 7.20. The number of allylic oxidation sites excluding steroid dienone is 7. The van der Waals surface area contributed by atoms with E-state index in [1.54, 1.807) is 26.0 Å². The van der Waals surface area contributed by atoms with Crippen LogP contribution in [0.1, 0.15) is 13.8 Å². The third kappa shape index (κ3) is 5.14. The van der Waals surface area contributed by atoms with E-state index in [4.69, 9.17) is 4.74 Å². The van der Waals surface area contributed by atoms with Gasteiger partial charge >= 0.3 is 0 Å². The van der Waals surface area contributed by atoms with E-state index in [0.717, 1.165) is 0 Å². The molecule has 0 aliphatic rings. The molecule has 3 nitrogen and oxygen atoms in total. The molecule has 104 valence electrons. The summed E-state index contributed by atoms with van der Waals surface area (Å²) in [5.41, 5.74) is 0. The Morgan fingerprint density at radius 3 is 2.16 bits per heavy atom. The molecule has 0 heterocycles. The molecule has 19 heavy (non-hydrogen) atoms. The molecule has 0 aromatic rings. The molecule has 0 aromatic carbocycles. The van der Waals surface area contributed by atoms with E-state index in [0.29, 0.717) is 5.76 Å². The maximum absolute atomic E-state index is 12.2. The molecule has 0 fully saturated rings. The third-order valence-corrected chi connectivity index (χ3v) is 4.11. The molecule has 0 radical (unpaired) electrons. The first-order valence-electron chi connectivity index (χ1n) is 5.71. The molecule has 0 saturated heterocycles. The van der Waals surface area contributed by atoms with Crippen LogP contribution in [-0.4, -0.2) is 15.5 Å². The molecule has 0 aliphatic heterocycles. The van der Waals surface area contributed by atoms with E-state index in [9.17, 15) is 8.42 Å². The highest BCUT2D eigenvalue weighted by Crippen LogP contribution is 2.19. The summed E-state index contributed by atoms with van der Waals surface area (Å²) >= 11 is 0. The Morgan fingerprint density at radius 1 is 1.11 bits per heavy atom. The lowest BCUT2D eigenvalue weighted by atomic mass is 10.4. The zero-order valence-electron chi connectivity index (χ0n) is 11.6. The zero-order valence-corrected chi connectivity index (χ0v) is 12.4. The van der Waals surface area contributed by atoms with Crippen molar-refractivity contribution in [2.24, 2.45) is 0 Å². The smallest absolute Gasteiger partial charge is 0.205 e. The van der Waals surface area contributed by atoms with Crippen molar-refractivity contribution in [3.8, 4) is 0 Å². The van der Waals surface area contributed by atoms with Crippen LogP contribution in [-0.2, 0) is 14.6 Å². The lowest BCUT2D eigenvalue weighted by Crippen LogP contribution is -2.03. The van der Waals surface area contributed by atoms with Crippen LogP contribution >= 0.6 is 0 Å². The van der Waals surface area contributed by atoms with Crippen LogP contribution in [0.4, 0.5) is 0 Å². The summed E-state index contributed by atoms with van der Waals surface area (Å²) in [7, 11) is -2.05. The second-order valence-corrected chi connectivity index (χ2v) is 5.49. The standard InChI is InChI=1S/C15H20O3S/c1-6-9-10-13(4)19(16,17)15(8-3)12-11-14(7-2)18-5/h6-12H,1,4H2,2-3,5H3/b10-9-,12-11-,14-7+,15-8+. The summed E-state index contributed by atoms with van der Waals surface area (Å²) in [6.45, 7) is 10.5. The number of rotatable bonds is 7. The molecular weight excluding hydrogens is 260 g/mol. The fraction of sp³-hybridized carbons (Fsp3) is 0.200. The van der Waals surface area contributed by atoms with Gasteiger partial charge in [0.1, 0.15) is 5.76 Å². The van der Waals surface area contributed by atoms with Crippen LogP contribution in [0, 0.1) is 0 Å². The Labute approximate surface area is 115 Å². The summed E-state index contributed by atoms with van der Waals surface area (Å²) < 4.78 is 29.4. The summed E-state index contributed by atoms with van der Waals surface area (Å²) in [5, 5.41) is 0. The molecule has 0 saturated carbocycles. The van der Waals surface area contributed by atoms with Crippen molar-refractivity contribution < 1.29 is 13.2 Å². The molecule has 0 N–H and O–H groups in total. The maximum Gasteiger partial charge on any atom is 0.205 e.